The average Bonchev–Trinajstić information content (AvgIpc) is 3.34. The normalized spacial score (nSPS) is 26.2. The first-order valence-electron chi connectivity index (χ1n) is 9.94. The van der Waals surface area contributed by atoms with E-state index in [1.165, 1.54) is 38.5 Å². The highest BCUT2D eigenvalue weighted by atomic mass is 16.2. The Hall–Kier alpha value is -1.47. The smallest absolute Gasteiger partial charge is 0.276 e. The molecule has 1 atom stereocenters. The minimum atomic E-state index is 0.0408. The third-order valence-corrected chi connectivity index (χ3v) is 6.04. The fourth-order valence-electron chi connectivity index (χ4n) is 4.55. The number of amides is 1. The number of nitrogens with zero attached hydrogens (tertiary/aromatic N) is 5. The van der Waals surface area contributed by atoms with Crippen LogP contribution in [0.25, 0.3) is 0 Å². The van der Waals surface area contributed by atoms with Gasteiger partial charge >= 0.3 is 0 Å². The lowest BCUT2D eigenvalue weighted by atomic mass is 10.00. The van der Waals surface area contributed by atoms with Crippen molar-refractivity contribution < 1.29 is 4.79 Å². The fourth-order valence-corrected chi connectivity index (χ4v) is 4.55. The van der Waals surface area contributed by atoms with Gasteiger partial charge in [0, 0.05) is 38.8 Å². The predicted octanol–water partition coefficient (Wildman–Crippen LogP) is 0.978. The molecule has 0 radical (unpaired) electrons. The second-order valence-electron chi connectivity index (χ2n) is 7.80. The summed E-state index contributed by atoms with van der Waals surface area (Å²) in [6.45, 7) is 6.62. The summed E-state index contributed by atoms with van der Waals surface area (Å²) in [5.74, 6) is 0.632. The predicted molar refractivity (Wildman–Crippen MR) is 95.3 cm³/mol. The van der Waals surface area contributed by atoms with E-state index >= 15 is 0 Å². The molecule has 1 saturated carbocycles. The molecule has 4 rings (SSSR count). The number of nitrogens with one attached hydrogen (secondary N) is 1. The first-order chi connectivity index (χ1) is 12.3. The fraction of sp³-hybridized carbons (Fsp3) is 0.833. The second kappa shape index (κ2) is 7.83. The van der Waals surface area contributed by atoms with Crippen LogP contribution in [0.3, 0.4) is 0 Å². The zero-order chi connectivity index (χ0) is 17.1. The summed E-state index contributed by atoms with van der Waals surface area (Å²) in [6, 6.07) is 0.752. The largest absolute Gasteiger partial charge is 0.335 e. The lowest BCUT2D eigenvalue weighted by Crippen LogP contribution is -2.51. The van der Waals surface area contributed by atoms with Crippen LogP contribution in [0, 0.1) is 5.92 Å². The Morgan fingerprint density at radius 1 is 1.12 bits per heavy atom. The van der Waals surface area contributed by atoms with Gasteiger partial charge in [0.15, 0.2) is 5.69 Å². The SMILES string of the molecule is O=C(c1cn(C[C@H]2CCCNC2)nn1)N1CCN(C2CCCC2)CC1. The number of piperazine rings is 1. The summed E-state index contributed by atoms with van der Waals surface area (Å²) in [7, 11) is 0. The van der Waals surface area contributed by atoms with Crippen molar-refractivity contribution in [3.8, 4) is 0 Å². The molecule has 25 heavy (non-hydrogen) atoms. The molecule has 3 aliphatic rings. The molecule has 3 fully saturated rings. The second-order valence-corrected chi connectivity index (χ2v) is 7.80. The number of hydrogen-bond donors (Lipinski definition) is 1. The lowest BCUT2D eigenvalue weighted by Gasteiger charge is -2.37. The molecule has 2 saturated heterocycles. The maximum Gasteiger partial charge on any atom is 0.276 e. The van der Waals surface area contributed by atoms with E-state index in [4.69, 9.17) is 0 Å². The minimum Gasteiger partial charge on any atom is -0.335 e. The zero-order valence-electron chi connectivity index (χ0n) is 15.1. The average molecular weight is 346 g/mol. The Morgan fingerprint density at radius 2 is 1.92 bits per heavy atom. The highest BCUT2D eigenvalue weighted by molar-refractivity contribution is 5.92. The standard InChI is InChI=1S/C18H30N6O/c25-18(23-10-8-22(9-11-23)16-5-1-2-6-16)17-14-24(21-20-17)13-15-4-3-7-19-12-15/h14-16,19H,1-13H2/t15-/m0/s1. The highest BCUT2D eigenvalue weighted by Crippen LogP contribution is 2.24. The topological polar surface area (TPSA) is 66.3 Å². The van der Waals surface area contributed by atoms with Crippen LogP contribution in [0.15, 0.2) is 6.20 Å². The minimum absolute atomic E-state index is 0.0408. The molecule has 3 heterocycles. The molecular formula is C18H30N6O. The van der Waals surface area contributed by atoms with Gasteiger partial charge in [-0.15, -0.1) is 5.10 Å². The van der Waals surface area contributed by atoms with Crippen LogP contribution in [0.4, 0.5) is 0 Å². The molecule has 0 unspecified atom stereocenters. The van der Waals surface area contributed by atoms with Crippen molar-refractivity contribution in [2.75, 3.05) is 39.3 Å². The molecule has 7 nitrogen and oxygen atoms in total. The van der Waals surface area contributed by atoms with Gasteiger partial charge in [-0.2, -0.15) is 0 Å². The van der Waals surface area contributed by atoms with E-state index in [-0.39, 0.29) is 5.91 Å². The van der Waals surface area contributed by atoms with Crippen molar-refractivity contribution in [1.29, 1.82) is 0 Å². The van der Waals surface area contributed by atoms with Gasteiger partial charge in [-0.25, -0.2) is 0 Å². The molecule has 1 aromatic rings. The molecule has 0 bridgehead atoms. The van der Waals surface area contributed by atoms with E-state index in [0.29, 0.717) is 11.6 Å². The van der Waals surface area contributed by atoms with Gasteiger partial charge in [0.05, 0.1) is 6.20 Å². The summed E-state index contributed by atoms with van der Waals surface area (Å²) in [5, 5.41) is 11.7. The molecule has 0 aromatic carbocycles. The van der Waals surface area contributed by atoms with Crippen molar-refractivity contribution in [2.45, 2.75) is 51.1 Å². The zero-order valence-corrected chi connectivity index (χ0v) is 15.1. The van der Waals surface area contributed by atoms with Gasteiger partial charge in [0.25, 0.3) is 5.91 Å². The van der Waals surface area contributed by atoms with Crippen LogP contribution in [-0.4, -0.2) is 76.0 Å². The van der Waals surface area contributed by atoms with Crippen LogP contribution in [0.1, 0.15) is 49.0 Å². The molecule has 0 spiro atoms. The van der Waals surface area contributed by atoms with Crippen molar-refractivity contribution in [3.63, 3.8) is 0 Å². The van der Waals surface area contributed by atoms with E-state index in [1.807, 2.05) is 15.8 Å². The van der Waals surface area contributed by atoms with Crippen LogP contribution in [-0.2, 0) is 6.54 Å². The Labute approximate surface area is 149 Å². The molecule has 138 valence electrons. The maximum atomic E-state index is 12.7. The lowest BCUT2D eigenvalue weighted by molar-refractivity contribution is 0.0568. The Morgan fingerprint density at radius 3 is 2.64 bits per heavy atom. The molecule has 1 aromatic heterocycles. The van der Waals surface area contributed by atoms with Crippen LogP contribution in [0.5, 0.6) is 0 Å². The van der Waals surface area contributed by atoms with Gasteiger partial charge in [-0.3, -0.25) is 14.4 Å². The summed E-state index contributed by atoms with van der Waals surface area (Å²) in [4.78, 5) is 17.2. The maximum absolute atomic E-state index is 12.7. The Balaban J connectivity index is 1.29. The van der Waals surface area contributed by atoms with Crippen molar-refractivity contribution in [1.82, 2.24) is 30.1 Å². The van der Waals surface area contributed by atoms with Gasteiger partial charge in [-0.1, -0.05) is 18.1 Å². The summed E-state index contributed by atoms with van der Waals surface area (Å²) in [6.07, 6.45) is 9.67. The Kier molecular flexibility index (Phi) is 5.31. The van der Waals surface area contributed by atoms with Crippen molar-refractivity contribution in [3.05, 3.63) is 11.9 Å². The summed E-state index contributed by atoms with van der Waals surface area (Å²) < 4.78 is 1.85. The first kappa shape index (κ1) is 17.0. The molecule has 1 amide bonds. The summed E-state index contributed by atoms with van der Waals surface area (Å²) in [5.41, 5.74) is 0.498. The summed E-state index contributed by atoms with van der Waals surface area (Å²) >= 11 is 0. The van der Waals surface area contributed by atoms with Gasteiger partial charge in [0.2, 0.25) is 0 Å². The Bertz CT molecular complexity index is 568. The van der Waals surface area contributed by atoms with E-state index in [2.05, 4.69) is 20.5 Å². The van der Waals surface area contributed by atoms with E-state index in [1.54, 1.807) is 0 Å². The monoisotopic (exact) mass is 346 g/mol. The molecule has 1 N–H and O–H groups in total. The van der Waals surface area contributed by atoms with Gasteiger partial charge in [-0.05, 0) is 44.7 Å². The van der Waals surface area contributed by atoms with Crippen LogP contribution in [0.2, 0.25) is 0 Å². The van der Waals surface area contributed by atoms with Crippen LogP contribution >= 0.6 is 0 Å². The van der Waals surface area contributed by atoms with Crippen molar-refractivity contribution >= 4 is 5.91 Å². The van der Waals surface area contributed by atoms with E-state index in [0.717, 1.165) is 51.9 Å². The quantitative estimate of drug-likeness (QED) is 0.880. The number of piperidine rings is 1. The first-order valence-corrected chi connectivity index (χ1v) is 9.94. The van der Waals surface area contributed by atoms with Crippen molar-refractivity contribution in [2.24, 2.45) is 5.92 Å². The molecule has 1 aliphatic carbocycles. The van der Waals surface area contributed by atoms with Gasteiger partial charge in [0.1, 0.15) is 0 Å². The number of carbonyl (C=O) groups is 1. The number of aromatic nitrogens is 3. The third-order valence-electron chi connectivity index (χ3n) is 6.04. The van der Waals surface area contributed by atoms with E-state index in [9.17, 15) is 4.79 Å². The van der Waals surface area contributed by atoms with Crippen LogP contribution < -0.4 is 5.32 Å². The van der Waals surface area contributed by atoms with E-state index < -0.39 is 0 Å². The number of carbonyl (C=O) groups excluding carboxylic acids is 1. The van der Waals surface area contributed by atoms with Gasteiger partial charge < -0.3 is 10.2 Å². The molecule has 2 aliphatic heterocycles. The highest BCUT2D eigenvalue weighted by Gasteiger charge is 2.29. The molecule has 7 heteroatoms. The third kappa shape index (κ3) is 4.03. The molecular weight excluding hydrogens is 316 g/mol. The number of rotatable bonds is 4. The number of hydrogen-bond acceptors (Lipinski definition) is 5.